The van der Waals surface area contributed by atoms with Gasteiger partial charge in [-0.05, 0) is 17.0 Å². The molecule has 2 aromatic rings. The molecule has 0 radical (unpaired) electrons. The number of carboxylic acids is 1. The van der Waals surface area contributed by atoms with Crippen LogP contribution in [0.25, 0.3) is 0 Å². The largest absolute Gasteiger partial charge is 0.477 e. The number of hydrogen-bond acceptors (Lipinski definition) is 9. The Morgan fingerprint density at radius 1 is 1.50 bits per heavy atom. The Kier molecular flexibility index (Phi) is 5.86. The molecule has 3 atom stereocenters. The number of hydrogen-bond donors (Lipinski definition) is 3. The van der Waals surface area contributed by atoms with Crippen LogP contribution in [0, 0.1) is 0 Å². The monoisotopic (exact) mass is 466 g/mol. The minimum absolute atomic E-state index is 0.0144. The average molecular weight is 467 g/mol. The number of aliphatic carboxylic acids is 1. The molecule has 13 heteroatoms. The van der Waals surface area contributed by atoms with Crippen molar-refractivity contribution in [3.05, 3.63) is 39.9 Å². The molecule has 4 N–H and O–H groups in total. The van der Waals surface area contributed by atoms with Gasteiger partial charge in [-0.15, -0.1) is 40.0 Å². The molecule has 1 fully saturated rings. The zero-order chi connectivity index (χ0) is 21.4. The Balaban J connectivity index is 1.46. The van der Waals surface area contributed by atoms with E-state index >= 15 is 0 Å². The lowest BCUT2D eigenvalue weighted by Crippen LogP contribution is -2.71. The topological polar surface area (TPSA) is 143 Å². The Morgan fingerprint density at radius 2 is 2.30 bits per heavy atom. The van der Waals surface area contributed by atoms with Crippen LogP contribution in [0.4, 0.5) is 0 Å². The first-order valence-corrected chi connectivity index (χ1v) is 11.8. The Hall–Kier alpha value is -2.35. The van der Waals surface area contributed by atoms with E-state index in [1.165, 1.54) is 39.8 Å². The first-order valence-electron chi connectivity index (χ1n) is 8.85. The van der Waals surface area contributed by atoms with Gasteiger partial charge in [0, 0.05) is 23.4 Å². The number of amides is 2. The number of carbonyl (C=O) groups is 3. The van der Waals surface area contributed by atoms with Crippen molar-refractivity contribution in [3.8, 4) is 0 Å². The molecule has 0 bridgehead atoms. The molecule has 0 aliphatic carbocycles. The fourth-order valence-electron chi connectivity index (χ4n) is 3.21. The molecule has 4 rings (SSSR count). The maximum absolute atomic E-state index is 12.7. The highest BCUT2D eigenvalue weighted by molar-refractivity contribution is 8.01. The van der Waals surface area contributed by atoms with Crippen LogP contribution in [-0.4, -0.2) is 65.7 Å². The number of aromatic nitrogens is 3. The molecule has 4 heterocycles. The first kappa shape index (κ1) is 20.9. The molecule has 2 aliphatic heterocycles. The average Bonchev–Trinajstić information content (AvgIpc) is 3.40. The minimum Gasteiger partial charge on any atom is -0.477 e. The Morgan fingerprint density at radius 3 is 2.93 bits per heavy atom. The van der Waals surface area contributed by atoms with Gasteiger partial charge in [-0.1, -0.05) is 11.3 Å². The van der Waals surface area contributed by atoms with E-state index in [0.29, 0.717) is 22.0 Å². The highest BCUT2D eigenvalue weighted by Crippen LogP contribution is 2.41. The fraction of sp³-hybridized carbons (Fsp3) is 0.353. The van der Waals surface area contributed by atoms with Crippen molar-refractivity contribution in [1.29, 1.82) is 0 Å². The van der Waals surface area contributed by atoms with Crippen LogP contribution < -0.4 is 11.1 Å². The molecular weight excluding hydrogens is 448 g/mol. The first-order chi connectivity index (χ1) is 14.4. The summed E-state index contributed by atoms with van der Waals surface area (Å²) in [6, 6.07) is 1.89. The number of thiophene rings is 1. The fourth-order valence-corrected chi connectivity index (χ4v) is 6.31. The van der Waals surface area contributed by atoms with Gasteiger partial charge in [0.25, 0.3) is 5.91 Å². The smallest absolute Gasteiger partial charge is 0.352 e. The maximum Gasteiger partial charge on any atom is 0.352 e. The van der Waals surface area contributed by atoms with Gasteiger partial charge < -0.3 is 16.2 Å². The van der Waals surface area contributed by atoms with E-state index in [1.807, 2.05) is 5.38 Å². The summed E-state index contributed by atoms with van der Waals surface area (Å²) in [6.07, 6.45) is 1.60. The number of nitrogens with one attached hydrogen (secondary N) is 1. The molecule has 0 aromatic carbocycles. The molecule has 1 saturated heterocycles. The second-order valence-electron chi connectivity index (χ2n) is 6.63. The number of fused-ring (bicyclic) bond motifs is 1. The van der Waals surface area contributed by atoms with E-state index in [4.69, 9.17) is 5.73 Å². The highest BCUT2D eigenvalue weighted by atomic mass is 32.2. The van der Waals surface area contributed by atoms with E-state index < -0.39 is 35.2 Å². The number of carboxylic acid groups (broad SMARTS) is 1. The summed E-state index contributed by atoms with van der Waals surface area (Å²) in [5.74, 6) is -1.22. The molecule has 2 unspecified atom stereocenters. The molecular formula is C17H18N6O4S3. The molecule has 2 aromatic heterocycles. The lowest BCUT2D eigenvalue weighted by molar-refractivity contribution is -0.150. The quantitative estimate of drug-likeness (QED) is 0.390. The maximum atomic E-state index is 12.7. The molecule has 158 valence electrons. The zero-order valence-electron chi connectivity index (χ0n) is 15.7. The summed E-state index contributed by atoms with van der Waals surface area (Å²) in [5, 5.41) is 22.2. The predicted octanol–water partition coefficient (Wildman–Crippen LogP) is 0.407. The van der Waals surface area contributed by atoms with Gasteiger partial charge in [-0.25, -0.2) is 9.48 Å². The van der Waals surface area contributed by atoms with Crippen LogP contribution in [0.15, 0.2) is 40.0 Å². The number of carbonyl (C=O) groups excluding carboxylic acids is 2. The summed E-state index contributed by atoms with van der Waals surface area (Å²) in [4.78, 5) is 39.0. The third-order valence-corrected chi connectivity index (χ3v) is 8.20. The third-order valence-electron chi connectivity index (χ3n) is 4.75. The number of rotatable bonds is 7. The number of aryl methyl sites for hydroxylation is 1. The standard InChI is InChI=1S/C17H18N6O4S3/c1-22-10(5-19-21-22)29-6-8-7-30-16-12(15(25)23(16)13(8)17(26)27)20-14(24)11(18)9-3-2-4-28-9/h2-5,11-12,16H,6-7,18H2,1H3,(H,20,24)(H,26,27)/t11?,12?,16-/m0/s1. The van der Waals surface area contributed by atoms with Crippen molar-refractivity contribution in [2.24, 2.45) is 12.8 Å². The number of β-lactam (4-membered cyclic amide) rings is 1. The van der Waals surface area contributed by atoms with Crippen molar-refractivity contribution < 1.29 is 19.5 Å². The molecule has 2 amide bonds. The summed E-state index contributed by atoms with van der Waals surface area (Å²) >= 11 is 4.19. The van der Waals surface area contributed by atoms with Gasteiger partial charge >= 0.3 is 5.97 Å². The molecule has 30 heavy (non-hydrogen) atoms. The van der Waals surface area contributed by atoms with Gasteiger partial charge in [0.2, 0.25) is 5.91 Å². The van der Waals surface area contributed by atoms with Gasteiger partial charge in [-0.3, -0.25) is 14.5 Å². The minimum atomic E-state index is -1.16. The Bertz CT molecular complexity index is 1020. The number of nitrogens with zero attached hydrogens (tertiary/aromatic N) is 4. The summed E-state index contributed by atoms with van der Waals surface area (Å²) in [7, 11) is 1.75. The normalized spacial score (nSPS) is 21.8. The predicted molar refractivity (Wildman–Crippen MR) is 113 cm³/mol. The number of thioether (sulfide) groups is 2. The van der Waals surface area contributed by atoms with Gasteiger partial charge in [0.05, 0.1) is 6.20 Å². The van der Waals surface area contributed by atoms with Crippen molar-refractivity contribution in [2.45, 2.75) is 22.5 Å². The lowest BCUT2D eigenvalue weighted by atomic mass is 10.0. The van der Waals surface area contributed by atoms with Crippen molar-refractivity contribution >= 4 is 52.6 Å². The van der Waals surface area contributed by atoms with E-state index in [2.05, 4.69) is 15.6 Å². The molecule has 10 nitrogen and oxygen atoms in total. The third kappa shape index (κ3) is 3.73. The van der Waals surface area contributed by atoms with Crippen LogP contribution >= 0.6 is 34.9 Å². The summed E-state index contributed by atoms with van der Waals surface area (Å²) < 4.78 is 1.60. The number of nitrogens with two attached hydrogens (primary N) is 1. The zero-order valence-corrected chi connectivity index (χ0v) is 18.2. The van der Waals surface area contributed by atoms with E-state index in [-0.39, 0.29) is 5.70 Å². The van der Waals surface area contributed by atoms with E-state index in [1.54, 1.807) is 30.1 Å². The van der Waals surface area contributed by atoms with Gasteiger partial charge in [0.1, 0.15) is 28.2 Å². The lowest BCUT2D eigenvalue weighted by Gasteiger charge is -2.49. The highest BCUT2D eigenvalue weighted by Gasteiger charge is 2.54. The Labute approximate surface area is 183 Å². The van der Waals surface area contributed by atoms with Crippen LogP contribution in [-0.2, 0) is 21.4 Å². The second-order valence-corrected chi connectivity index (χ2v) is 9.71. The summed E-state index contributed by atoms with van der Waals surface area (Å²) in [6.45, 7) is 0. The summed E-state index contributed by atoms with van der Waals surface area (Å²) in [5.41, 5.74) is 6.60. The van der Waals surface area contributed by atoms with Crippen LogP contribution in [0.2, 0.25) is 0 Å². The van der Waals surface area contributed by atoms with Crippen LogP contribution in [0.1, 0.15) is 10.9 Å². The van der Waals surface area contributed by atoms with Gasteiger partial charge in [-0.2, -0.15) is 0 Å². The van der Waals surface area contributed by atoms with Crippen LogP contribution in [0.3, 0.4) is 0 Å². The molecule has 2 aliphatic rings. The second kappa shape index (κ2) is 8.41. The molecule has 0 spiro atoms. The van der Waals surface area contributed by atoms with Crippen molar-refractivity contribution in [2.75, 3.05) is 11.5 Å². The van der Waals surface area contributed by atoms with Crippen molar-refractivity contribution in [1.82, 2.24) is 25.2 Å². The van der Waals surface area contributed by atoms with Gasteiger partial charge in [0.15, 0.2) is 0 Å². The van der Waals surface area contributed by atoms with E-state index in [9.17, 15) is 19.5 Å². The SMILES string of the molecule is Cn1nncc1SCC1=C(C(=O)O)N2C(=O)C(NC(=O)C(N)c3cccs3)[C@@H]2SC1. The van der Waals surface area contributed by atoms with E-state index in [0.717, 1.165) is 5.03 Å². The van der Waals surface area contributed by atoms with Crippen LogP contribution in [0.5, 0.6) is 0 Å². The molecule has 0 saturated carbocycles. The van der Waals surface area contributed by atoms with Crippen molar-refractivity contribution in [3.63, 3.8) is 0 Å².